The molecule has 1 aliphatic rings. The molecule has 2 amide bonds. The number of carbonyl (C=O) groups is 2. The van der Waals surface area contributed by atoms with Crippen LogP contribution in [0.5, 0.6) is 0 Å². The van der Waals surface area contributed by atoms with Crippen LogP contribution in [0.2, 0.25) is 0 Å². The van der Waals surface area contributed by atoms with Crippen molar-refractivity contribution in [2.75, 3.05) is 34.0 Å². The van der Waals surface area contributed by atoms with Crippen molar-refractivity contribution in [3.8, 4) is 0 Å². The van der Waals surface area contributed by atoms with E-state index in [1.165, 1.54) is 4.90 Å². The quantitative estimate of drug-likeness (QED) is 0.738. The van der Waals surface area contributed by atoms with Crippen molar-refractivity contribution in [2.45, 2.75) is 25.9 Å². The summed E-state index contributed by atoms with van der Waals surface area (Å²) in [6.07, 6.45) is 0. The predicted molar refractivity (Wildman–Crippen MR) is 72.5 cm³/mol. The van der Waals surface area contributed by atoms with Gasteiger partial charge in [-0.2, -0.15) is 0 Å². The van der Waals surface area contributed by atoms with Crippen LogP contribution in [0.15, 0.2) is 0 Å². The van der Waals surface area contributed by atoms with Gasteiger partial charge in [0.2, 0.25) is 0 Å². The molecule has 0 aromatic heterocycles. The molecule has 116 valence electrons. The van der Waals surface area contributed by atoms with Crippen molar-refractivity contribution in [2.24, 2.45) is 11.8 Å². The summed E-state index contributed by atoms with van der Waals surface area (Å²) in [5.74, 6) is -1.39. The molecule has 20 heavy (non-hydrogen) atoms. The van der Waals surface area contributed by atoms with E-state index in [0.29, 0.717) is 6.61 Å². The van der Waals surface area contributed by atoms with E-state index in [1.807, 2.05) is 13.8 Å². The monoisotopic (exact) mass is 288 g/mol. The summed E-state index contributed by atoms with van der Waals surface area (Å²) < 4.78 is 10.3. The van der Waals surface area contributed by atoms with Gasteiger partial charge in [0.1, 0.15) is 5.92 Å². The molecule has 0 aromatic rings. The average Bonchev–Trinajstić information content (AvgIpc) is 2.86. The van der Waals surface area contributed by atoms with Crippen LogP contribution in [-0.4, -0.2) is 68.1 Å². The molecule has 1 rings (SSSR count). The number of carboxylic acid groups (broad SMARTS) is 1. The molecule has 0 spiro atoms. The van der Waals surface area contributed by atoms with E-state index >= 15 is 0 Å². The first-order chi connectivity index (χ1) is 9.38. The minimum atomic E-state index is -0.940. The zero-order valence-electron chi connectivity index (χ0n) is 12.5. The third-order valence-corrected chi connectivity index (χ3v) is 3.65. The predicted octanol–water partition coefficient (Wildman–Crippen LogP) is 0.398. The lowest BCUT2D eigenvalue weighted by molar-refractivity contribution is -0.142. The highest BCUT2D eigenvalue weighted by molar-refractivity contribution is 5.77. The number of aliphatic carboxylic acids is 1. The van der Waals surface area contributed by atoms with Gasteiger partial charge in [-0.25, -0.2) is 4.79 Å². The minimum Gasteiger partial charge on any atom is -0.481 e. The largest absolute Gasteiger partial charge is 0.481 e. The lowest BCUT2D eigenvalue weighted by Gasteiger charge is -2.30. The van der Waals surface area contributed by atoms with E-state index in [9.17, 15) is 9.59 Å². The van der Waals surface area contributed by atoms with Crippen LogP contribution in [0, 0.1) is 11.8 Å². The summed E-state index contributed by atoms with van der Waals surface area (Å²) in [6.45, 7) is 4.78. The van der Waals surface area contributed by atoms with E-state index in [0.717, 1.165) is 0 Å². The second kappa shape index (κ2) is 7.44. The fourth-order valence-electron chi connectivity index (χ4n) is 2.15. The molecular formula is C13H24N2O5. The third kappa shape index (κ3) is 4.08. The maximum Gasteiger partial charge on any atom is 0.317 e. The van der Waals surface area contributed by atoms with Crippen LogP contribution < -0.4 is 5.32 Å². The molecule has 7 nitrogen and oxygen atoms in total. The average molecular weight is 288 g/mol. The molecule has 2 N–H and O–H groups in total. The molecule has 3 atom stereocenters. The maximum atomic E-state index is 12.2. The van der Waals surface area contributed by atoms with Gasteiger partial charge in [-0.3, -0.25) is 4.79 Å². The summed E-state index contributed by atoms with van der Waals surface area (Å²) in [7, 11) is 3.17. The zero-order chi connectivity index (χ0) is 15.3. The molecule has 1 saturated heterocycles. The van der Waals surface area contributed by atoms with Gasteiger partial charge < -0.3 is 24.8 Å². The summed E-state index contributed by atoms with van der Waals surface area (Å²) in [4.78, 5) is 24.7. The highest BCUT2D eigenvalue weighted by atomic mass is 16.5. The molecule has 0 aromatic carbocycles. The summed E-state index contributed by atoms with van der Waals surface area (Å²) in [5, 5.41) is 12.0. The standard InChI is InChI=1S/C13H24N2O5/c1-8(2)10(6-19-4)14-13(18)15(3)11-7-20-5-9(11)12(16)17/h8-11H,5-7H2,1-4H3,(H,14,18)(H,16,17). The topological polar surface area (TPSA) is 88.1 Å². The lowest BCUT2D eigenvalue weighted by atomic mass is 10.0. The number of amides is 2. The van der Waals surface area contributed by atoms with Crippen LogP contribution in [-0.2, 0) is 14.3 Å². The number of carbonyl (C=O) groups excluding carboxylic acids is 1. The van der Waals surface area contributed by atoms with E-state index in [2.05, 4.69) is 5.32 Å². The Kier molecular flexibility index (Phi) is 6.22. The molecule has 1 heterocycles. The molecule has 0 aliphatic carbocycles. The van der Waals surface area contributed by atoms with Gasteiger partial charge in [0, 0.05) is 14.2 Å². The number of likely N-dealkylation sites (N-methyl/N-ethyl adjacent to an activating group) is 1. The summed E-state index contributed by atoms with van der Waals surface area (Å²) in [5.41, 5.74) is 0. The SMILES string of the molecule is COCC(NC(=O)N(C)C1COCC1C(=O)O)C(C)C. The molecule has 7 heteroatoms. The Morgan fingerprint density at radius 3 is 2.60 bits per heavy atom. The zero-order valence-corrected chi connectivity index (χ0v) is 12.5. The highest BCUT2D eigenvalue weighted by Crippen LogP contribution is 2.19. The maximum absolute atomic E-state index is 12.2. The smallest absolute Gasteiger partial charge is 0.317 e. The second-order valence-electron chi connectivity index (χ2n) is 5.42. The fraction of sp³-hybridized carbons (Fsp3) is 0.846. The van der Waals surface area contributed by atoms with Gasteiger partial charge in [-0.15, -0.1) is 0 Å². The number of carboxylic acids is 1. The molecule has 0 saturated carbocycles. The van der Waals surface area contributed by atoms with E-state index in [1.54, 1.807) is 14.2 Å². The van der Waals surface area contributed by atoms with Gasteiger partial charge in [0.05, 0.1) is 31.9 Å². The fourth-order valence-corrected chi connectivity index (χ4v) is 2.15. The molecular weight excluding hydrogens is 264 g/mol. The van der Waals surface area contributed by atoms with Gasteiger partial charge in [0.15, 0.2) is 0 Å². The van der Waals surface area contributed by atoms with Crippen LogP contribution in [0.1, 0.15) is 13.8 Å². The number of nitrogens with one attached hydrogen (secondary N) is 1. The van der Waals surface area contributed by atoms with Crippen molar-refractivity contribution in [3.05, 3.63) is 0 Å². The third-order valence-electron chi connectivity index (χ3n) is 3.65. The molecule has 0 bridgehead atoms. The van der Waals surface area contributed by atoms with Gasteiger partial charge >= 0.3 is 12.0 Å². The van der Waals surface area contributed by atoms with Crippen molar-refractivity contribution in [1.29, 1.82) is 0 Å². The Labute approximate surface area is 119 Å². The van der Waals surface area contributed by atoms with E-state index in [4.69, 9.17) is 14.6 Å². The van der Waals surface area contributed by atoms with Crippen molar-refractivity contribution >= 4 is 12.0 Å². The number of hydrogen-bond donors (Lipinski definition) is 2. The highest BCUT2D eigenvalue weighted by Gasteiger charge is 2.38. The Morgan fingerprint density at radius 1 is 1.45 bits per heavy atom. The lowest BCUT2D eigenvalue weighted by Crippen LogP contribution is -2.52. The van der Waals surface area contributed by atoms with Gasteiger partial charge in [-0.05, 0) is 5.92 Å². The van der Waals surface area contributed by atoms with Gasteiger partial charge in [0.25, 0.3) is 0 Å². The molecule has 0 radical (unpaired) electrons. The Bertz CT molecular complexity index is 348. The Balaban J connectivity index is 2.63. The van der Waals surface area contributed by atoms with Crippen LogP contribution in [0.25, 0.3) is 0 Å². The number of ether oxygens (including phenoxy) is 2. The van der Waals surface area contributed by atoms with Crippen LogP contribution in [0.4, 0.5) is 4.79 Å². The number of methoxy groups -OCH3 is 1. The first kappa shape index (κ1) is 16.7. The first-order valence-corrected chi connectivity index (χ1v) is 6.71. The molecule has 3 unspecified atom stereocenters. The minimum absolute atomic E-state index is 0.111. The number of rotatable bonds is 6. The van der Waals surface area contributed by atoms with Gasteiger partial charge in [-0.1, -0.05) is 13.8 Å². The van der Waals surface area contributed by atoms with E-state index < -0.39 is 17.9 Å². The Morgan fingerprint density at radius 2 is 2.10 bits per heavy atom. The normalized spacial score (nSPS) is 23.6. The van der Waals surface area contributed by atoms with Crippen LogP contribution >= 0.6 is 0 Å². The Hall–Kier alpha value is -1.34. The second-order valence-corrected chi connectivity index (χ2v) is 5.42. The number of nitrogens with zero attached hydrogens (tertiary/aromatic N) is 1. The van der Waals surface area contributed by atoms with Crippen molar-refractivity contribution < 1.29 is 24.2 Å². The first-order valence-electron chi connectivity index (χ1n) is 6.71. The van der Waals surface area contributed by atoms with Crippen molar-refractivity contribution in [3.63, 3.8) is 0 Å². The summed E-state index contributed by atoms with van der Waals surface area (Å²) >= 11 is 0. The van der Waals surface area contributed by atoms with E-state index in [-0.39, 0.29) is 31.2 Å². The summed E-state index contributed by atoms with van der Waals surface area (Å²) in [6, 6.07) is -0.856. The van der Waals surface area contributed by atoms with Crippen LogP contribution in [0.3, 0.4) is 0 Å². The van der Waals surface area contributed by atoms with Crippen molar-refractivity contribution in [1.82, 2.24) is 10.2 Å². The number of urea groups is 1. The molecule has 1 aliphatic heterocycles. The number of hydrogen-bond acceptors (Lipinski definition) is 4. The molecule has 1 fully saturated rings.